The predicted octanol–water partition coefficient (Wildman–Crippen LogP) is 2.54. The molecule has 1 N–H and O–H groups in total. The van der Waals surface area contributed by atoms with E-state index in [1.54, 1.807) is 18.9 Å². The Kier molecular flexibility index (Phi) is 4.83. The maximum Gasteiger partial charge on any atom is 0.144 e. The highest BCUT2D eigenvalue weighted by Crippen LogP contribution is 2.22. The SMILES string of the molecule is CC(O)CN(C)Cc1c(F)ccc(Br)c1F. The molecular weight excluding hydrogens is 280 g/mol. The molecular formula is C11H14BrF2NO. The van der Waals surface area contributed by atoms with Crippen molar-refractivity contribution >= 4 is 15.9 Å². The number of nitrogens with zero attached hydrogens (tertiary/aromatic N) is 1. The van der Waals surface area contributed by atoms with Gasteiger partial charge in [-0.3, -0.25) is 4.90 Å². The molecule has 0 fully saturated rings. The van der Waals surface area contributed by atoms with Crippen molar-refractivity contribution in [3.63, 3.8) is 0 Å². The van der Waals surface area contributed by atoms with E-state index in [0.717, 1.165) is 0 Å². The van der Waals surface area contributed by atoms with Crippen LogP contribution in [0, 0.1) is 11.6 Å². The van der Waals surface area contributed by atoms with E-state index in [0.29, 0.717) is 6.54 Å². The van der Waals surface area contributed by atoms with E-state index in [2.05, 4.69) is 15.9 Å². The van der Waals surface area contributed by atoms with Crippen molar-refractivity contribution in [2.45, 2.75) is 19.6 Å². The van der Waals surface area contributed by atoms with Crippen LogP contribution < -0.4 is 0 Å². The van der Waals surface area contributed by atoms with Gasteiger partial charge in [-0.1, -0.05) is 0 Å². The first-order chi connectivity index (χ1) is 7.41. The van der Waals surface area contributed by atoms with Gasteiger partial charge in [0.2, 0.25) is 0 Å². The highest BCUT2D eigenvalue weighted by Gasteiger charge is 2.14. The molecule has 16 heavy (non-hydrogen) atoms. The highest BCUT2D eigenvalue weighted by molar-refractivity contribution is 9.10. The van der Waals surface area contributed by atoms with Crippen LogP contribution >= 0.6 is 15.9 Å². The molecule has 1 atom stereocenters. The smallest absolute Gasteiger partial charge is 0.144 e. The molecule has 1 aromatic rings. The topological polar surface area (TPSA) is 23.5 Å². The minimum Gasteiger partial charge on any atom is -0.392 e. The van der Waals surface area contributed by atoms with Gasteiger partial charge in [0.1, 0.15) is 11.6 Å². The molecule has 0 aliphatic rings. The van der Waals surface area contributed by atoms with Crippen LogP contribution in [0.3, 0.4) is 0 Å². The molecule has 1 rings (SSSR count). The van der Waals surface area contributed by atoms with Gasteiger partial charge in [0.15, 0.2) is 0 Å². The van der Waals surface area contributed by atoms with Gasteiger partial charge in [-0.05, 0) is 42.0 Å². The summed E-state index contributed by atoms with van der Waals surface area (Å²) in [5.74, 6) is -1.16. The van der Waals surface area contributed by atoms with Crippen LogP contribution in [0.5, 0.6) is 0 Å². The average molecular weight is 294 g/mol. The third kappa shape index (κ3) is 3.50. The molecule has 0 heterocycles. The minimum atomic E-state index is -0.586. The third-order valence-electron chi connectivity index (χ3n) is 2.14. The molecule has 2 nitrogen and oxygen atoms in total. The number of hydrogen-bond acceptors (Lipinski definition) is 2. The lowest BCUT2D eigenvalue weighted by molar-refractivity contribution is 0.137. The molecule has 0 amide bonds. The van der Waals surface area contributed by atoms with Gasteiger partial charge in [-0.25, -0.2) is 8.78 Å². The van der Waals surface area contributed by atoms with Gasteiger partial charge < -0.3 is 5.11 Å². The highest BCUT2D eigenvalue weighted by atomic mass is 79.9. The van der Waals surface area contributed by atoms with Crippen LogP contribution in [-0.2, 0) is 6.54 Å². The number of halogens is 3. The van der Waals surface area contributed by atoms with E-state index in [4.69, 9.17) is 5.11 Å². The first-order valence-corrected chi connectivity index (χ1v) is 5.70. The summed E-state index contributed by atoms with van der Waals surface area (Å²) in [6.45, 7) is 2.12. The first-order valence-electron chi connectivity index (χ1n) is 4.90. The molecule has 1 aromatic carbocycles. The Balaban J connectivity index is 2.84. The van der Waals surface area contributed by atoms with Gasteiger partial charge in [0, 0.05) is 18.7 Å². The van der Waals surface area contributed by atoms with Crippen molar-refractivity contribution in [1.82, 2.24) is 4.90 Å². The third-order valence-corrected chi connectivity index (χ3v) is 2.76. The van der Waals surface area contributed by atoms with Crippen LogP contribution in [0.25, 0.3) is 0 Å². The minimum absolute atomic E-state index is 0.0116. The molecule has 5 heteroatoms. The van der Waals surface area contributed by atoms with E-state index in [1.165, 1.54) is 12.1 Å². The monoisotopic (exact) mass is 293 g/mol. The fourth-order valence-electron chi connectivity index (χ4n) is 1.50. The average Bonchev–Trinajstić information content (AvgIpc) is 2.17. The van der Waals surface area contributed by atoms with Crippen molar-refractivity contribution in [1.29, 1.82) is 0 Å². The summed E-state index contributed by atoms with van der Waals surface area (Å²) in [6.07, 6.45) is -0.525. The number of benzene rings is 1. The number of likely N-dealkylation sites (N-methyl/N-ethyl adjacent to an activating group) is 1. The van der Waals surface area contributed by atoms with Gasteiger partial charge >= 0.3 is 0 Å². The van der Waals surface area contributed by atoms with Gasteiger partial charge in [0.25, 0.3) is 0 Å². The van der Waals surface area contributed by atoms with Gasteiger partial charge in [-0.2, -0.15) is 0 Å². The fraction of sp³-hybridized carbons (Fsp3) is 0.455. The Morgan fingerprint density at radius 3 is 2.62 bits per heavy atom. The lowest BCUT2D eigenvalue weighted by atomic mass is 10.2. The molecule has 0 spiro atoms. The quantitative estimate of drug-likeness (QED) is 0.863. The van der Waals surface area contributed by atoms with Crippen molar-refractivity contribution in [3.05, 3.63) is 33.8 Å². The summed E-state index contributed by atoms with van der Waals surface area (Å²) in [6, 6.07) is 2.56. The van der Waals surface area contributed by atoms with Gasteiger partial charge in [-0.15, -0.1) is 0 Å². The maximum absolute atomic E-state index is 13.6. The molecule has 0 radical (unpaired) electrons. The second-order valence-corrected chi connectivity index (χ2v) is 4.72. The zero-order valence-corrected chi connectivity index (χ0v) is 10.8. The van der Waals surface area contributed by atoms with Crippen molar-refractivity contribution < 1.29 is 13.9 Å². The van der Waals surface area contributed by atoms with E-state index in [9.17, 15) is 8.78 Å². The standard InChI is InChI=1S/C11H14BrF2NO/c1-7(16)5-15(2)6-8-10(13)4-3-9(12)11(8)14/h3-4,7,16H,5-6H2,1-2H3. The molecule has 1 unspecified atom stereocenters. The number of rotatable bonds is 4. The van der Waals surface area contributed by atoms with Crippen LogP contribution in [-0.4, -0.2) is 29.7 Å². The zero-order valence-electron chi connectivity index (χ0n) is 9.17. The van der Waals surface area contributed by atoms with Crippen molar-refractivity contribution in [2.75, 3.05) is 13.6 Å². The molecule has 0 bridgehead atoms. The van der Waals surface area contributed by atoms with E-state index in [1.807, 2.05) is 0 Å². The summed E-state index contributed by atoms with van der Waals surface area (Å²) in [4.78, 5) is 1.67. The molecule has 0 saturated heterocycles. The number of aliphatic hydroxyl groups excluding tert-OH is 1. The second kappa shape index (κ2) is 5.70. The van der Waals surface area contributed by atoms with Crippen LogP contribution in [0.15, 0.2) is 16.6 Å². The van der Waals surface area contributed by atoms with Crippen LogP contribution in [0.1, 0.15) is 12.5 Å². The Morgan fingerprint density at radius 1 is 1.44 bits per heavy atom. The zero-order chi connectivity index (χ0) is 12.3. The van der Waals surface area contributed by atoms with E-state index < -0.39 is 17.7 Å². The first kappa shape index (κ1) is 13.5. The lowest BCUT2D eigenvalue weighted by Gasteiger charge is -2.19. The molecule has 0 aliphatic heterocycles. The number of hydrogen-bond donors (Lipinski definition) is 1. The van der Waals surface area contributed by atoms with Crippen molar-refractivity contribution in [3.8, 4) is 0 Å². The summed E-state index contributed by atoms with van der Waals surface area (Å²) in [5, 5.41) is 9.16. The normalized spacial score (nSPS) is 13.2. The van der Waals surface area contributed by atoms with Crippen molar-refractivity contribution in [2.24, 2.45) is 0 Å². The molecule has 0 aromatic heterocycles. The largest absolute Gasteiger partial charge is 0.392 e. The van der Waals surface area contributed by atoms with Crippen LogP contribution in [0.2, 0.25) is 0 Å². The summed E-state index contributed by atoms with van der Waals surface area (Å²) < 4.78 is 27.2. The molecule has 90 valence electrons. The van der Waals surface area contributed by atoms with Crippen LogP contribution in [0.4, 0.5) is 8.78 Å². The summed E-state index contributed by atoms with van der Waals surface area (Å²) in [7, 11) is 1.70. The summed E-state index contributed by atoms with van der Waals surface area (Å²) in [5.41, 5.74) is 0.0116. The Hall–Kier alpha value is -0.520. The second-order valence-electron chi connectivity index (χ2n) is 3.87. The Labute approximate surface area is 102 Å². The Bertz CT molecular complexity index is 371. The molecule has 0 saturated carbocycles. The lowest BCUT2D eigenvalue weighted by Crippen LogP contribution is -2.27. The molecule has 0 aliphatic carbocycles. The summed E-state index contributed by atoms with van der Waals surface area (Å²) >= 11 is 3.01. The van der Waals surface area contributed by atoms with E-state index in [-0.39, 0.29) is 16.6 Å². The number of aliphatic hydroxyl groups is 1. The fourth-order valence-corrected chi connectivity index (χ4v) is 1.87. The Morgan fingerprint density at radius 2 is 2.06 bits per heavy atom. The maximum atomic E-state index is 13.6. The predicted molar refractivity (Wildman–Crippen MR) is 62.1 cm³/mol. The van der Waals surface area contributed by atoms with E-state index >= 15 is 0 Å². The van der Waals surface area contributed by atoms with Gasteiger partial charge in [0.05, 0.1) is 10.6 Å².